The van der Waals surface area contributed by atoms with Crippen LogP contribution >= 0.6 is 15.9 Å². The number of methoxy groups -OCH3 is 1. The van der Waals surface area contributed by atoms with Crippen molar-refractivity contribution in [1.82, 2.24) is 9.55 Å². The summed E-state index contributed by atoms with van der Waals surface area (Å²) in [4.78, 5) is 4.36. The summed E-state index contributed by atoms with van der Waals surface area (Å²) in [7, 11) is 3.67. The van der Waals surface area contributed by atoms with Gasteiger partial charge in [-0.25, -0.2) is 4.98 Å². The van der Waals surface area contributed by atoms with Crippen molar-refractivity contribution in [1.29, 1.82) is 0 Å². The molecule has 0 amide bonds. The van der Waals surface area contributed by atoms with E-state index in [1.54, 1.807) is 7.11 Å². The van der Waals surface area contributed by atoms with Gasteiger partial charge in [0.15, 0.2) is 0 Å². The molecule has 0 aliphatic carbocycles. The van der Waals surface area contributed by atoms with E-state index in [-0.39, 0.29) is 0 Å². The van der Waals surface area contributed by atoms with Gasteiger partial charge in [0, 0.05) is 7.05 Å². The van der Waals surface area contributed by atoms with E-state index in [9.17, 15) is 0 Å². The SMILES string of the molecule is COc1cccc(CCc2ncn(C)c2Br)c1. The van der Waals surface area contributed by atoms with Crippen LogP contribution < -0.4 is 4.74 Å². The summed E-state index contributed by atoms with van der Waals surface area (Å²) in [5.74, 6) is 0.905. The third-order valence-corrected chi connectivity index (χ3v) is 3.74. The Morgan fingerprint density at radius 2 is 2.18 bits per heavy atom. The summed E-state index contributed by atoms with van der Waals surface area (Å²) < 4.78 is 8.23. The molecule has 0 bridgehead atoms. The molecule has 0 spiro atoms. The molecule has 0 atom stereocenters. The lowest BCUT2D eigenvalue weighted by molar-refractivity contribution is 0.414. The summed E-state index contributed by atoms with van der Waals surface area (Å²) in [6.07, 6.45) is 3.71. The molecule has 0 N–H and O–H groups in total. The maximum atomic E-state index is 5.21. The Morgan fingerprint density at radius 1 is 1.35 bits per heavy atom. The van der Waals surface area contributed by atoms with E-state index in [0.29, 0.717) is 0 Å². The van der Waals surface area contributed by atoms with Gasteiger partial charge in [0.1, 0.15) is 10.4 Å². The Balaban J connectivity index is 2.04. The third-order valence-electron chi connectivity index (χ3n) is 2.72. The first-order valence-corrected chi connectivity index (χ1v) is 6.28. The molecule has 0 saturated heterocycles. The highest BCUT2D eigenvalue weighted by molar-refractivity contribution is 9.10. The molecular formula is C13H15BrN2O. The predicted molar refractivity (Wildman–Crippen MR) is 71.3 cm³/mol. The second-order valence-electron chi connectivity index (χ2n) is 3.94. The van der Waals surface area contributed by atoms with Crippen LogP contribution in [0.25, 0.3) is 0 Å². The van der Waals surface area contributed by atoms with Gasteiger partial charge in [-0.1, -0.05) is 12.1 Å². The number of rotatable bonds is 4. The zero-order valence-corrected chi connectivity index (χ0v) is 11.6. The number of ether oxygens (including phenoxy) is 1. The van der Waals surface area contributed by atoms with Crippen LogP contribution in [0.1, 0.15) is 11.3 Å². The van der Waals surface area contributed by atoms with Gasteiger partial charge in [-0.2, -0.15) is 0 Å². The number of benzene rings is 1. The van der Waals surface area contributed by atoms with Crippen molar-refractivity contribution in [3.63, 3.8) is 0 Å². The van der Waals surface area contributed by atoms with Crippen LogP contribution in [-0.2, 0) is 19.9 Å². The quantitative estimate of drug-likeness (QED) is 0.867. The van der Waals surface area contributed by atoms with Gasteiger partial charge >= 0.3 is 0 Å². The molecule has 2 rings (SSSR count). The lowest BCUT2D eigenvalue weighted by Crippen LogP contribution is -1.94. The van der Waals surface area contributed by atoms with E-state index in [1.165, 1.54) is 5.56 Å². The zero-order chi connectivity index (χ0) is 12.3. The molecule has 0 saturated carbocycles. The van der Waals surface area contributed by atoms with E-state index < -0.39 is 0 Å². The van der Waals surface area contributed by atoms with Gasteiger partial charge in [0.25, 0.3) is 0 Å². The van der Waals surface area contributed by atoms with Crippen LogP contribution in [0.2, 0.25) is 0 Å². The summed E-state index contributed by atoms with van der Waals surface area (Å²) >= 11 is 3.53. The molecule has 0 unspecified atom stereocenters. The number of nitrogens with zero attached hydrogens (tertiary/aromatic N) is 2. The fourth-order valence-electron chi connectivity index (χ4n) is 1.72. The first kappa shape index (κ1) is 12.2. The number of halogens is 1. The highest BCUT2D eigenvalue weighted by Gasteiger charge is 2.06. The molecule has 3 nitrogen and oxygen atoms in total. The smallest absolute Gasteiger partial charge is 0.119 e. The molecule has 1 aromatic carbocycles. The zero-order valence-electron chi connectivity index (χ0n) is 9.98. The van der Waals surface area contributed by atoms with Gasteiger partial charge in [0.2, 0.25) is 0 Å². The van der Waals surface area contributed by atoms with Gasteiger partial charge in [0.05, 0.1) is 19.1 Å². The maximum Gasteiger partial charge on any atom is 0.119 e. The third kappa shape index (κ3) is 2.88. The van der Waals surface area contributed by atoms with E-state index in [0.717, 1.165) is 28.9 Å². The van der Waals surface area contributed by atoms with Crippen LogP contribution in [-0.4, -0.2) is 16.7 Å². The number of aryl methyl sites for hydroxylation is 3. The summed E-state index contributed by atoms with van der Waals surface area (Å²) in [5, 5.41) is 0. The predicted octanol–water partition coefficient (Wildman–Crippen LogP) is 2.98. The number of aromatic nitrogens is 2. The second-order valence-corrected chi connectivity index (χ2v) is 4.70. The van der Waals surface area contributed by atoms with Crippen LogP contribution in [0.4, 0.5) is 0 Å². The lowest BCUT2D eigenvalue weighted by atomic mass is 10.1. The Bertz CT molecular complexity index is 508. The van der Waals surface area contributed by atoms with Crippen molar-refractivity contribution in [2.45, 2.75) is 12.8 Å². The molecule has 0 aliphatic rings. The van der Waals surface area contributed by atoms with Crippen molar-refractivity contribution in [3.05, 3.63) is 46.5 Å². The van der Waals surface area contributed by atoms with E-state index in [1.807, 2.05) is 30.1 Å². The minimum Gasteiger partial charge on any atom is -0.497 e. The first-order valence-electron chi connectivity index (χ1n) is 5.49. The van der Waals surface area contributed by atoms with Crippen molar-refractivity contribution in [3.8, 4) is 5.75 Å². The molecule has 90 valence electrons. The normalized spacial score (nSPS) is 10.5. The van der Waals surface area contributed by atoms with E-state index in [2.05, 4.69) is 33.0 Å². The van der Waals surface area contributed by atoms with Gasteiger partial charge in [-0.15, -0.1) is 0 Å². The number of hydrogen-bond donors (Lipinski definition) is 0. The number of hydrogen-bond acceptors (Lipinski definition) is 2. The molecular weight excluding hydrogens is 280 g/mol. The highest BCUT2D eigenvalue weighted by Crippen LogP contribution is 2.18. The van der Waals surface area contributed by atoms with Gasteiger partial charge in [-0.3, -0.25) is 0 Å². The van der Waals surface area contributed by atoms with E-state index in [4.69, 9.17) is 4.74 Å². The highest BCUT2D eigenvalue weighted by atomic mass is 79.9. The van der Waals surface area contributed by atoms with Crippen LogP contribution in [0.5, 0.6) is 5.75 Å². The van der Waals surface area contributed by atoms with Crippen molar-refractivity contribution < 1.29 is 4.74 Å². The Hall–Kier alpha value is -1.29. The van der Waals surface area contributed by atoms with Crippen molar-refractivity contribution in [2.75, 3.05) is 7.11 Å². The van der Waals surface area contributed by atoms with E-state index >= 15 is 0 Å². The standard InChI is InChI=1S/C13H15BrN2O/c1-16-9-15-12(13(16)14)7-6-10-4-3-5-11(8-10)17-2/h3-5,8-9H,6-7H2,1-2H3. The topological polar surface area (TPSA) is 27.1 Å². The Labute approximate surface area is 110 Å². The van der Waals surface area contributed by atoms with Crippen LogP contribution in [0, 0.1) is 0 Å². The molecule has 0 aliphatic heterocycles. The average Bonchev–Trinajstić information content (AvgIpc) is 2.68. The maximum absolute atomic E-state index is 5.21. The molecule has 1 heterocycles. The fourth-order valence-corrected chi connectivity index (χ4v) is 2.11. The van der Waals surface area contributed by atoms with Crippen LogP contribution in [0.3, 0.4) is 0 Å². The summed E-state index contributed by atoms with van der Waals surface area (Å²) in [6, 6.07) is 8.15. The van der Waals surface area contributed by atoms with Gasteiger partial charge in [-0.05, 0) is 46.5 Å². The van der Waals surface area contributed by atoms with Crippen molar-refractivity contribution in [2.24, 2.45) is 7.05 Å². The average molecular weight is 295 g/mol. The first-order chi connectivity index (χ1) is 8.20. The lowest BCUT2D eigenvalue weighted by Gasteiger charge is -2.04. The molecule has 1 aromatic heterocycles. The summed E-state index contributed by atoms with van der Waals surface area (Å²) in [6.45, 7) is 0. The minimum atomic E-state index is 0.905. The molecule has 2 aromatic rings. The molecule has 0 fully saturated rings. The van der Waals surface area contributed by atoms with Crippen LogP contribution in [0.15, 0.2) is 35.2 Å². The summed E-state index contributed by atoms with van der Waals surface area (Å²) in [5.41, 5.74) is 2.36. The second kappa shape index (κ2) is 5.36. The Morgan fingerprint density at radius 3 is 2.82 bits per heavy atom. The van der Waals surface area contributed by atoms with Gasteiger partial charge < -0.3 is 9.30 Å². The fraction of sp³-hybridized carbons (Fsp3) is 0.308. The largest absolute Gasteiger partial charge is 0.497 e. The molecule has 4 heteroatoms. The Kier molecular flexibility index (Phi) is 3.84. The minimum absolute atomic E-state index is 0.905. The molecule has 0 radical (unpaired) electrons. The van der Waals surface area contributed by atoms with Crippen molar-refractivity contribution >= 4 is 15.9 Å². The number of imidazole rings is 1. The monoisotopic (exact) mass is 294 g/mol. The molecule has 17 heavy (non-hydrogen) atoms.